The minimum absolute atomic E-state index is 0.521. The van der Waals surface area contributed by atoms with Crippen molar-refractivity contribution in [2.24, 2.45) is 0 Å². The normalized spacial score (nSPS) is 25.3. The van der Waals surface area contributed by atoms with Crippen LogP contribution in [0, 0.1) is 0 Å². The summed E-state index contributed by atoms with van der Waals surface area (Å²) in [7, 11) is 2.20. The van der Waals surface area contributed by atoms with Crippen molar-refractivity contribution in [3.63, 3.8) is 0 Å². The van der Waals surface area contributed by atoms with Gasteiger partial charge in [0, 0.05) is 25.2 Å². The zero-order valence-electron chi connectivity index (χ0n) is 9.75. The van der Waals surface area contributed by atoms with Crippen molar-refractivity contribution < 1.29 is 4.74 Å². The van der Waals surface area contributed by atoms with Crippen molar-refractivity contribution >= 4 is 0 Å². The first-order chi connectivity index (χ1) is 6.74. The van der Waals surface area contributed by atoms with Gasteiger partial charge in [-0.2, -0.15) is 0 Å². The Morgan fingerprint density at radius 3 is 2.93 bits per heavy atom. The molecule has 1 N–H and O–H groups in total. The van der Waals surface area contributed by atoms with Crippen LogP contribution >= 0.6 is 0 Å². The van der Waals surface area contributed by atoms with Crippen LogP contribution in [0.15, 0.2) is 0 Å². The van der Waals surface area contributed by atoms with E-state index in [-0.39, 0.29) is 0 Å². The van der Waals surface area contributed by atoms with E-state index < -0.39 is 0 Å². The Bertz CT molecular complexity index is 146. The van der Waals surface area contributed by atoms with Gasteiger partial charge in [0.15, 0.2) is 0 Å². The zero-order valence-corrected chi connectivity index (χ0v) is 9.75. The molecule has 0 aromatic carbocycles. The van der Waals surface area contributed by atoms with Crippen LogP contribution in [-0.4, -0.2) is 50.3 Å². The molecule has 1 rings (SSSR count). The molecule has 0 radical (unpaired) electrons. The Kier molecular flexibility index (Phi) is 5.45. The van der Waals surface area contributed by atoms with E-state index in [1.165, 1.54) is 12.8 Å². The van der Waals surface area contributed by atoms with Crippen molar-refractivity contribution in [3.8, 4) is 0 Å². The minimum Gasteiger partial charge on any atom is -0.378 e. The maximum atomic E-state index is 5.43. The minimum atomic E-state index is 0.521. The molecule has 2 atom stereocenters. The predicted octanol–water partition coefficient (Wildman–Crippen LogP) is 1.10. The number of likely N-dealkylation sites (N-methyl/N-ethyl adjacent to an activating group) is 1. The van der Waals surface area contributed by atoms with Crippen molar-refractivity contribution in [1.29, 1.82) is 0 Å². The Hall–Kier alpha value is -0.120. The second-order valence-electron chi connectivity index (χ2n) is 4.30. The molecule has 3 heteroatoms. The third-order valence-corrected chi connectivity index (χ3v) is 2.97. The third kappa shape index (κ3) is 3.95. The van der Waals surface area contributed by atoms with E-state index in [0.29, 0.717) is 12.1 Å². The summed E-state index contributed by atoms with van der Waals surface area (Å²) >= 11 is 0. The highest BCUT2D eigenvalue weighted by Crippen LogP contribution is 2.05. The van der Waals surface area contributed by atoms with E-state index in [9.17, 15) is 0 Å². The molecule has 84 valence electrons. The van der Waals surface area contributed by atoms with Gasteiger partial charge in [-0.15, -0.1) is 0 Å². The molecule has 2 unspecified atom stereocenters. The largest absolute Gasteiger partial charge is 0.378 e. The summed E-state index contributed by atoms with van der Waals surface area (Å²) in [5, 5.41) is 3.48. The lowest BCUT2D eigenvalue weighted by Gasteiger charge is -2.31. The number of ether oxygens (including phenoxy) is 1. The number of hydrogen-bond acceptors (Lipinski definition) is 3. The van der Waals surface area contributed by atoms with E-state index in [4.69, 9.17) is 4.74 Å². The van der Waals surface area contributed by atoms with Gasteiger partial charge in [0.25, 0.3) is 0 Å². The highest BCUT2D eigenvalue weighted by atomic mass is 16.5. The summed E-state index contributed by atoms with van der Waals surface area (Å²) in [6.45, 7) is 8.37. The summed E-state index contributed by atoms with van der Waals surface area (Å²) in [4.78, 5) is 2.43. The van der Waals surface area contributed by atoms with Crippen LogP contribution in [-0.2, 0) is 4.74 Å². The van der Waals surface area contributed by atoms with Crippen molar-refractivity contribution in [1.82, 2.24) is 10.2 Å². The van der Waals surface area contributed by atoms with Crippen molar-refractivity contribution in [3.05, 3.63) is 0 Å². The Morgan fingerprint density at radius 1 is 1.57 bits per heavy atom. The van der Waals surface area contributed by atoms with Gasteiger partial charge in [-0.1, -0.05) is 13.3 Å². The van der Waals surface area contributed by atoms with E-state index in [1.807, 2.05) is 0 Å². The van der Waals surface area contributed by atoms with Gasteiger partial charge in [-0.25, -0.2) is 0 Å². The van der Waals surface area contributed by atoms with Gasteiger partial charge >= 0.3 is 0 Å². The number of rotatable bonds is 5. The van der Waals surface area contributed by atoms with Crippen molar-refractivity contribution in [2.45, 2.75) is 38.8 Å². The van der Waals surface area contributed by atoms with E-state index in [2.05, 4.69) is 31.1 Å². The molecule has 0 spiro atoms. The molecule has 0 aliphatic carbocycles. The van der Waals surface area contributed by atoms with Crippen LogP contribution in [0.5, 0.6) is 0 Å². The zero-order chi connectivity index (χ0) is 10.4. The average Bonchev–Trinajstić information content (AvgIpc) is 2.19. The lowest BCUT2D eigenvalue weighted by Crippen LogP contribution is -2.49. The molecule has 0 aromatic rings. The molecule has 1 fully saturated rings. The van der Waals surface area contributed by atoms with Crippen LogP contribution in [0.25, 0.3) is 0 Å². The van der Waals surface area contributed by atoms with E-state index >= 15 is 0 Å². The monoisotopic (exact) mass is 200 g/mol. The molecular formula is C11H24N2O. The summed E-state index contributed by atoms with van der Waals surface area (Å²) < 4.78 is 5.43. The lowest BCUT2D eigenvalue weighted by molar-refractivity contribution is 0.0600. The SMILES string of the molecule is CCCC(C)N(C)CC1COCCN1. The van der Waals surface area contributed by atoms with Crippen molar-refractivity contribution in [2.75, 3.05) is 33.4 Å². The average molecular weight is 200 g/mol. The van der Waals surface area contributed by atoms with Crippen LogP contribution in [0.2, 0.25) is 0 Å². The Morgan fingerprint density at radius 2 is 2.36 bits per heavy atom. The van der Waals surface area contributed by atoms with Gasteiger partial charge in [-0.05, 0) is 20.4 Å². The first-order valence-electron chi connectivity index (χ1n) is 5.75. The quantitative estimate of drug-likeness (QED) is 0.719. The number of hydrogen-bond donors (Lipinski definition) is 1. The molecule has 0 bridgehead atoms. The Balaban J connectivity index is 2.20. The second kappa shape index (κ2) is 6.38. The highest BCUT2D eigenvalue weighted by Gasteiger charge is 2.17. The molecule has 0 saturated carbocycles. The lowest BCUT2D eigenvalue weighted by atomic mass is 10.1. The smallest absolute Gasteiger partial charge is 0.0632 e. The summed E-state index contributed by atoms with van der Waals surface area (Å²) in [6, 6.07) is 1.21. The number of nitrogens with one attached hydrogen (secondary N) is 1. The van der Waals surface area contributed by atoms with E-state index in [1.54, 1.807) is 0 Å². The predicted molar refractivity (Wildman–Crippen MR) is 59.6 cm³/mol. The first kappa shape index (κ1) is 12.0. The van der Waals surface area contributed by atoms with Crippen LogP contribution < -0.4 is 5.32 Å². The molecule has 1 heterocycles. The van der Waals surface area contributed by atoms with Gasteiger partial charge in [-0.3, -0.25) is 0 Å². The van der Waals surface area contributed by atoms with Gasteiger partial charge in [0.2, 0.25) is 0 Å². The summed E-state index contributed by atoms with van der Waals surface area (Å²) in [6.07, 6.45) is 2.55. The fraction of sp³-hybridized carbons (Fsp3) is 1.00. The summed E-state index contributed by atoms with van der Waals surface area (Å²) in [5.74, 6) is 0. The summed E-state index contributed by atoms with van der Waals surface area (Å²) in [5.41, 5.74) is 0. The maximum Gasteiger partial charge on any atom is 0.0632 e. The highest BCUT2D eigenvalue weighted by molar-refractivity contribution is 4.75. The molecule has 1 saturated heterocycles. The third-order valence-electron chi connectivity index (χ3n) is 2.97. The van der Waals surface area contributed by atoms with Crippen LogP contribution in [0.1, 0.15) is 26.7 Å². The number of nitrogens with zero attached hydrogens (tertiary/aromatic N) is 1. The van der Waals surface area contributed by atoms with E-state index in [0.717, 1.165) is 26.3 Å². The van der Waals surface area contributed by atoms with Crippen LogP contribution in [0.4, 0.5) is 0 Å². The molecule has 1 aliphatic heterocycles. The number of morpholine rings is 1. The maximum absolute atomic E-state index is 5.43. The standard InChI is InChI=1S/C11H24N2O/c1-4-5-10(2)13(3)8-11-9-14-7-6-12-11/h10-12H,4-9H2,1-3H3. The fourth-order valence-electron chi connectivity index (χ4n) is 1.90. The molecular weight excluding hydrogens is 176 g/mol. The van der Waals surface area contributed by atoms with Gasteiger partial charge in [0.1, 0.15) is 0 Å². The molecule has 14 heavy (non-hydrogen) atoms. The Labute approximate surface area is 87.8 Å². The topological polar surface area (TPSA) is 24.5 Å². The molecule has 3 nitrogen and oxygen atoms in total. The second-order valence-corrected chi connectivity index (χ2v) is 4.30. The first-order valence-corrected chi connectivity index (χ1v) is 5.75. The molecule has 1 aliphatic rings. The van der Waals surface area contributed by atoms with Gasteiger partial charge < -0.3 is 15.0 Å². The molecule has 0 aromatic heterocycles. The van der Waals surface area contributed by atoms with Gasteiger partial charge in [0.05, 0.1) is 13.2 Å². The fourth-order valence-corrected chi connectivity index (χ4v) is 1.90. The van der Waals surface area contributed by atoms with Crippen LogP contribution in [0.3, 0.4) is 0 Å². The molecule has 0 amide bonds.